The lowest BCUT2D eigenvalue weighted by atomic mass is 10.2. The number of hydrogen-bond acceptors (Lipinski definition) is 3. The minimum Gasteiger partial charge on any atom is -0.339 e. The van der Waals surface area contributed by atoms with E-state index in [0.717, 1.165) is 15.1 Å². The van der Waals surface area contributed by atoms with Crippen LogP contribution in [0.2, 0.25) is 0 Å². The molecule has 0 aliphatic rings. The van der Waals surface area contributed by atoms with Gasteiger partial charge in [-0.25, -0.2) is 9.97 Å². The Balaban J connectivity index is 2.22. The zero-order valence-electron chi connectivity index (χ0n) is 8.24. The number of aryl methyl sites for hydroxylation is 1. The van der Waals surface area contributed by atoms with E-state index in [1.54, 1.807) is 12.5 Å². The van der Waals surface area contributed by atoms with E-state index in [1.165, 1.54) is 5.56 Å². The van der Waals surface area contributed by atoms with Gasteiger partial charge < -0.3 is 5.32 Å². The summed E-state index contributed by atoms with van der Waals surface area (Å²) in [5.74, 6) is 0.842. The molecule has 0 saturated heterocycles. The summed E-state index contributed by atoms with van der Waals surface area (Å²) >= 11 is 2.21. The molecule has 0 aliphatic carbocycles. The molecular weight excluding hydrogens is 301 g/mol. The van der Waals surface area contributed by atoms with E-state index in [4.69, 9.17) is 0 Å². The van der Waals surface area contributed by atoms with Gasteiger partial charge in [-0.15, -0.1) is 0 Å². The van der Waals surface area contributed by atoms with Crippen LogP contribution in [0.5, 0.6) is 0 Å². The van der Waals surface area contributed by atoms with Crippen LogP contribution in [0.15, 0.2) is 36.8 Å². The molecule has 1 aromatic carbocycles. The average molecular weight is 311 g/mol. The highest BCUT2D eigenvalue weighted by Gasteiger charge is 2.00. The number of rotatable bonds is 2. The van der Waals surface area contributed by atoms with E-state index in [0.29, 0.717) is 0 Å². The fourth-order valence-electron chi connectivity index (χ4n) is 1.18. The third kappa shape index (κ3) is 2.65. The Morgan fingerprint density at radius 1 is 1.20 bits per heavy atom. The Bertz CT molecular complexity index is 454. The summed E-state index contributed by atoms with van der Waals surface area (Å²) in [6.07, 6.45) is 3.32. The molecule has 0 amide bonds. The molecule has 4 heteroatoms. The summed E-state index contributed by atoms with van der Waals surface area (Å²) in [6, 6.07) is 8.20. The Kier molecular flexibility index (Phi) is 3.15. The van der Waals surface area contributed by atoms with Crippen molar-refractivity contribution < 1.29 is 0 Å². The van der Waals surface area contributed by atoms with Crippen molar-refractivity contribution >= 4 is 34.1 Å². The van der Waals surface area contributed by atoms with Crippen LogP contribution in [0.3, 0.4) is 0 Å². The molecule has 15 heavy (non-hydrogen) atoms. The number of anilines is 2. The minimum atomic E-state index is 0.842. The summed E-state index contributed by atoms with van der Waals surface area (Å²) in [6.45, 7) is 2.07. The third-order valence-corrected chi connectivity index (χ3v) is 2.77. The molecule has 1 heterocycles. The zero-order chi connectivity index (χ0) is 10.7. The first-order valence-electron chi connectivity index (χ1n) is 4.55. The molecule has 0 radical (unpaired) electrons. The lowest BCUT2D eigenvalue weighted by Gasteiger charge is -2.06. The first-order chi connectivity index (χ1) is 7.25. The molecule has 1 aromatic heterocycles. The monoisotopic (exact) mass is 311 g/mol. The molecule has 0 fully saturated rings. The van der Waals surface area contributed by atoms with Gasteiger partial charge >= 0.3 is 0 Å². The Morgan fingerprint density at radius 2 is 1.93 bits per heavy atom. The van der Waals surface area contributed by atoms with E-state index in [1.807, 2.05) is 12.1 Å². The maximum Gasteiger partial charge on any atom is 0.147 e. The first-order valence-corrected chi connectivity index (χ1v) is 5.63. The summed E-state index contributed by atoms with van der Waals surface area (Å²) in [5.41, 5.74) is 2.29. The van der Waals surface area contributed by atoms with E-state index in [2.05, 4.69) is 56.9 Å². The van der Waals surface area contributed by atoms with Gasteiger partial charge in [-0.05, 0) is 41.6 Å². The van der Waals surface area contributed by atoms with Gasteiger partial charge in [0.1, 0.15) is 12.1 Å². The van der Waals surface area contributed by atoms with Crippen molar-refractivity contribution in [3.8, 4) is 0 Å². The second kappa shape index (κ2) is 4.57. The molecule has 1 N–H and O–H groups in total. The van der Waals surface area contributed by atoms with E-state index in [9.17, 15) is 0 Å². The van der Waals surface area contributed by atoms with Gasteiger partial charge in [-0.1, -0.05) is 17.7 Å². The molecule has 0 saturated carbocycles. The molecule has 0 aliphatic heterocycles. The molecule has 0 spiro atoms. The highest BCUT2D eigenvalue weighted by Crippen LogP contribution is 2.18. The SMILES string of the molecule is Cc1ccc(Nc2ncncc2I)cc1. The molecule has 2 aromatic rings. The summed E-state index contributed by atoms with van der Waals surface area (Å²) in [4.78, 5) is 8.11. The molecule has 0 unspecified atom stereocenters. The average Bonchev–Trinajstić information content (AvgIpc) is 2.25. The van der Waals surface area contributed by atoms with E-state index >= 15 is 0 Å². The van der Waals surface area contributed by atoms with Crippen molar-refractivity contribution in [3.63, 3.8) is 0 Å². The van der Waals surface area contributed by atoms with Gasteiger partial charge in [0, 0.05) is 11.9 Å². The van der Waals surface area contributed by atoms with E-state index in [-0.39, 0.29) is 0 Å². The molecule has 76 valence electrons. The van der Waals surface area contributed by atoms with Crippen molar-refractivity contribution in [2.45, 2.75) is 6.92 Å². The minimum absolute atomic E-state index is 0.842. The normalized spacial score (nSPS) is 10.0. The maximum absolute atomic E-state index is 4.17. The van der Waals surface area contributed by atoms with Crippen LogP contribution in [0.25, 0.3) is 0 Å². The lowest BCUT2D eigenvalue weighted by molar-refractivity contribution is 1.15. The predicted octanol–water partition coefficient (Wildman–Crippen LogP) is 3.13. The van der Waals surface area contributed by atoms with E-state index < -0.39 is 0 Å². The quantitative estimate of drug-likeness (QED) is 0.866. The van der Waals surface area contributed by atoms with Gasteiger partial charge in [0.15, 0.2) is 0 Å². The van der Waals surface area contributed by atoms with Gasteiger partial charge in [0.25, 0.3) is 0 Å². The molecule has 0 atom stereocenters. The molecular formula is C11H10IN3. The van der Waals surface area contributed by atoms with Crippen molar-refractivity contribution in [3.05, 3.63) is 45.9 Å². The number of nitrogens with one attached hydrogen (secondary N) is 1. The van der Waals surface area contributed by atoms with Gasteiger partial charge in [-0.3, -0.25) is 0 Å². The number of nitrogens with zero attached hydrogens (tertiary/aromatic N) is 2. The lowest BCUT2D eigenvalue weighted by Crippen LogP contribution is -1.96. The van der Waals surface area contributed by atoms with Crippen LogP contribution in [0.4, 0.5) is 11.5 Å². The second-order valence-electron chi connectivity index (χ2n) is 3.21. The van der Waals surface area contributed by atoms with Gasteiger partial charge in [-0.2, -0.15) is 0 Å². The summed E-state index contributed by atoms with van der Waals surface area (Å²) in [5, 5.41) is 3.24. The third-order valence-electron chi connectivity index (χ3n) is 1.98. The zero-order valence-corrected chi connectivity index (χ0v) is 10.4. The molecule has 0 bridgehead atoms. The fraction of sp³-hybridized carbons (Fsp3) is 0.0909. The Labute approximate surface area is 102 Å². The van der Waals surface area contributed by atoms with Crippen LogP contribution in [-0.2, 0) is 0 Å². The topological polar surface area (TPSA) is 37.8 Å². The largest absolute Gasteiger partial charge is 0.339 e. The Morgan fingerprint density at radius 3 is 2.60 bits per heavy atom. The first kappa shape index (κ1) is 10.4. The Hall–Kier alpha value is -1.17. The van der Waals surface area contributed by atoms with Crippen molar-refractivity contribution in [2.75, 3.05) is 5.32 Å². The second-order valence-corrected chi connectivity index (χ2v) is 4.37. The number of hydrogen-bond donors (Lipinski definition) is 1. The maximum atomic E-state index is 4.17. The van der Waals surface area contributed by atoms with Gasteiger partial charge in [0.05, 0.1) is 3.57 Å². The van der Waals surface area contributed by atoms with Crippen molar-refractivity contribution in [1.29, 1.82) is 0 Å². The predicted molar refractivity (Wildman–Crippen MR) is 69.2 cm³/mol. The van der Waals surface area contributed by atoms with Crippen molar-refractivity contribution in [2.24, 2.45) is 0 Å². The summed E-state index contributed by atoms with van der Waals surface area (Å²) < 4.78 is 1.01. The van der Waals surface area contributed by atoms with Crippen LogP contribution >= 0.6 is 22.6 Å². The van der Waals surface area contributed by atoms with Crippen LogP contribution in [0, 0.1) is 10.5 Å². The van der Waals surface area contributed by atoms with Gasteiger partial charge in [0.2, 0.25) is 0 Å². The smallest absolute Gasteiger partial charge is 0.147 e. The molecule has 2 rings (SSSR count). The fourth-order valence-corrected chi connectivity index (χ4v) is 1.61. The highest BCUT2D eigenvalue weighted by molar-refractivity contribution is 14.1. The number of benzene rings is 1. The van der Waals surface area contributed by atoms with Crippen LogP contribution in [-0.4, -0.2) is 9.97 Å². The van der Waals surface area contributed by atoms with Crippen molar-refractivity contribution in [1.82, 2.24) is 9.97 Å². The standard InChI is InChI=1S/C11H10IN3/c1-8-2-4-9(5-3-8)15-11-10(12)6-13-7-14-11/h2-7H,1H3,(H,13,14,15). The number of aromatic nitrogens is 2. The van der Waals surface area contributed by atoms with Crippen LogP contribution < -0.4 is 5.32 Å². The highest BCUT2D eigenvalue weighted by atomic mass is 127. The van der Waals surface area contributed by atoms with Crippen LogP contribution in [0.1, 0.15) is 5.56 Å². The molecule has 3 nitrogen and oxygen atoms in total. The number of halogens is 1. The summed E-state index contributed by atoms with van der Waals surface area (Å²) in [7, 11) is 0.